The lowest BCUT2D eigenvalue weighted by Crippen LogP contribution is -2.55. The Balaban J connectivity index is 1.16. The summed E-state index contributed by atoms with van der Waals surface area (Å²) in [6.07, 6.45) is -0.782. The zero-order valence-corrected chi connectivity index (χ0v) is 24.1. The number of hydrogen-bond acceptors (Lipinski definition) is 7. The maximum Gasteiger partial charge on any atom is 0.241 e. The second-order valence-electron chi connectivity index (χ2n) is 12.6. The van der Waals surface area contributed by atoms with E-state index in [1.165, 1.54) is 0 Å². The lowest BCUT2D eigenvalue weighted by molar-refractivity contribution is -0.138. The van der Waals surface area contributed by atoms with E-state index >= 15 is 0 Å². The van der Waals surface area contributed by atoms with E-state index in [1.807, 2.05) is 0 Å². The Labute approximate surface area is 238 Å². The molecule has 224 valence electrons. The number of carbonyl (C=O) groups is 2. The molecule has 2 aliphatic carbocycles. The highest BCUT2D eigenvalue weighted by molar-refractivity contribution is 8.00. The van der Waals surface area contributed by atoms with Crippen molar-refractivity contribution >= 4 is 23.6 Å². The molecule has 0 bridgehead atoms. The number of methoxy groups -OCH3 is 1. The van der Waals surface area contributed by atoms with Gasteiger partial charge in [0.2, 0.25) is 18.2 Å². The summed E-state index contributed by atoms with van der Waals surface area (Å²) < 4.78 is 46.4. The number of nitriles is 1. The molecule has 2 saturated carbocycles. The number of nitrogens with one attached hydrogen (secondary N) is 3. The van der Waals surface area contributed by atoms with Crippen LogP contribution in [0, 0.1) is 46.8 Å². The van der Waals surface area contributed by atoms with Crippen LogP contribution in [0.4, 0.5) is 13.2 Å². The minimum Gasteiger partial charge on any atom is -0.381 e. The first-order valence-electron chi connectivity index (χ1n) is 14.7. The Morgan fingerprint density at radius 1 is 1.12 bits per heavy atom. The lowest BCUT2D eigenvalue weighted by Gasteiger charge is -2.44. The van der Waals surface area contributed by atoms with Crippen LogP contribution in [0.1, 0.15) is 51.9 Å². The molecule has 0 aromatic rings. The predicted octanol–water partition coefficient (Wildman–Crippen LogP) is 2.89. The van der Waals surface area contributed by atoms with Crippen molar-refractivity contribution in [2.75, 3.05) is 26.7 Å². The monoisotopic (exact) mass is 585 g/mol. The number of nitrogens with zero attached hydrogens (tertiary/aromatic N) is 2. The van der Waals surface area contributed by atoms with Gasteiger partial charge < -0.3 is 20.3 Å². The van der Waals surface area contributed by atoms with Gasteiger partial charge in [0, 0.05) is 61.8 Å². The zero-order valence-electron chi connectivity index (χ0n) is 23.2. The summed E-state index contributed by atoms with van der Waals surface area (Å²) in [5.41, 5.74) is -0.288. The molecule has 40 heavy (non-hydrogen) atoms. The summed E-state index contributed by atoms with van der Waals surface area (Å²) >= 11 is 1.57. The molecule has 12 unspecified atom stereocenters. The number of amides is 2. The molecule has 0 radical (unpaired) electrons. The van der Waals surface area contributed by atoms with Crippen molar-refractivity contribution < 1.29 is 27.5 Å². The predicted molar refractivity (Wildman–Crippen MR) is 145 cm³/mol. The molecule has 3 aliphatic heterocycles. The van der Waals surface area contributed by atoms with Gasteiger partial charge in [0.05, 0.1) is 18.1 Å². The van der Waals surface area contributed by atoms with Crippen LogP contribution in [-0.4, -0.2) is 85.0 Å². The van der Waals surface area contributed by atoms with Gasteiger partial charge in [0.15, 0.2) is 0 Å². The number of carbonyl (C=O) groups excluding carboxylic acids is 2. The molecule has 5 fully saturated rings. The van der Waals surface area contributed by atoms with Gasteiger partial charge in [0.25, 0.3) is 0 Å². The first kappa shape index (κ1) is 29.9. The number of halogens is 3. The molecule has 3 heterocycles. The van der Waals surface area contributed by atoms with Crippen LogP contribution >= 0.6 is 11.8 Å². The van der Waals surface area contributed by atoms with Gasteiger partial charge >= 0.3 is 0 Å². The van der Waals surface area contributed by atoms with Gasteiger partial charge in [-0.05, 0) is 63.7 Å². The molecule has 2 amide bonds. The third kappa shape index (κ3) is 6.42. The van der Waals surface area contributed by atoms with E-state index in [4.69, 9.17) is 4.74 Å². The Bertz CT molecular complexity index is 958. The summed E-state index contributed by atoms with van der Waals surface area (Å²) in [6.45, 7) is 3.59. The van der Waals surface area contributed by atoms with E-state index in [0.717, 1.165) is 25.7 Å². The molecule has 12 heteroatoms. The maximum atomic E-state index is 14.1. The largest absolute Gasteiger partial charge is 0.381 e. The second-order valence-corrected chi connectivity index (χ2v) is 13.9. The van der Waals surface area contributed by atoms with Crippen molar-refractivity contribution in [3.8, 4) is 6.07 Å². The minimum absolute atomic E-state index is 0.00644. The first-order chi connectivity index (χ1) is 19.2. The molecule has 8 nitrogen and oxygen atoms in total. The van der Waals surface area contributed by atoms with Crippen molar-refractivity contribution in [2.45, 2.75) is 93.4 Å². The van der Waals surface area contributed by atoms with Gasteiger partial charge in [-0.3, -0.25) is 14.9 Å². The molecule has 5 aliphatic rings. The minimum atomic E-state index is -2.61. The van der Waals surface area contributed by atoms with Crippen LogP contribution in [0.15, 0.2) is 0 Å². The number of thioether (sulfide) groups is 1. The Hall–Kier alpha value is -1.55. The van der Waals surface area contributed by atoms with E-state index in [9.17, 15) is 28.0 Å². The van der Waals surface area contributed by atoms with E-state index in [2.05, 4.69) is 28.9 Å². The van der Waals surface area contributed by atoms with Crippen LogP contribution in [0.25, 0.3) is 0 Å². The number of alkyl halides is 3. The van der Waals surface area contributed by atoms with Crippen molar-refractivity contribution in [1.82, 2.24) is 20.9 Å². The number of rotatable bonds is 6. The summed E-state index contributed by atoms with van der Waals surface area (Å²) in [4.78, 5) is 28.4. The number of fused-ring (bicyclic) bond motifs is 1. The van der Waals surface area contributed by atoms with Crippen LogP contribution in [0.5, 0.6) is 0 Å². The smallest absolute Gasteiger partial charge is 0.241 e. The lowest BCUT2D eigenvalue weighted by atomic mass is 9.66. The Morgan fingerprint density at radius 3 is 2.62 bits per heavy atom. The average Bonchev–Trinajstić information content (AvgIpc) is 3.50. The molecule has 5 rings (SSSR count). The summed E-state index contributed by atoms with van der Waals surface area (Å²) in [5, 5.41) is 19.7. The van der Waals surface area contributed by atoms with E-state index in [-0.39, 0.29) is 83.7 Å². The quantitative estimate of drug-likeness (QED) is 0.440. The third-order valence-electron chi connectivity index (χ3n) is 9.95. The van der Waals surface area contributed by atoms with Crippen LogP contribution in [0.3, 0.4) is 0 Å². The maximum absolute atomic E-state index is 14.1. The Kier molecular flexibility index (Phi) is 9.54. The summed E-state index contributed by atoms with van der Waals surface area (Å²) in [6, 6.07) is 2.69. The highest BCUT2D eigenvalue weighted by Crippen LogP contribution is 2.42. The summed E-state index contributed by atoms with van der Waals surface area (Å²) in [7, 11) is 1.72. The van der Waals surface area contributed by atoms with Gasteiger partial charge in [-0.1, -0.05) is 0 Å². The third-order valence-corrected chi connectivity index (χ3v) is 11.3. The molecule has 0 spiro atoms. The van der Waals surface area contributed by atoms with Crippen LogP contribution < -0.4 is 16.0 Å². The second kappa shape index (κ2) is 12.8. The van der Waals surface area contributed by atoms with E-state index in [0.29, 0.717) is 19.6 Å². The van der Waals surface area contributed by atoms with Crippen LogP contribution in [0.2, 0.25) is 0 Å². The van der Waals surface area contributed by atoms with E-state index < -0.39 is 24.4 Å². The number of hydrogen-bond donors (Lipinski definition) is 3. The highest BCUT2D eigenvalue weighted by Gasteiger charge is 2.48. The number of piperidine rings is 1. The molecule has 0 aromatic heterocycles. The van der Waals surface area contributed by atoms with Gasteiger partial charge in [-0.2, -0.15) is 5.26 Å². The average molecular weight is 586 g/mol. The molecule has 3 N–H and O–H groups in total. The molecular formula is C28H42F3N5O3S. The molecule has 3 saturated heterocycles. The first-order valence-corrected chi connectivity index (χ1v) is 15.7. The SMILES string of the molecule is COC1CCC(C#N)CC1C1CC(C)NCC1C(=O)NC1NC2CN(C(=O)C3CC(F)CC(C(F)F)C3)CC2S1. The van der Waals surface area contributed by atoms with Gasteiger partial charge in [-0.25, -0.2) is 13.2 Å². The molecular weight excluding hydrogens is 543 g/mol. The number of likely N-dealkylation sites (tertiary alicyclic amines) is 1. The van der Waals surface area contributed by atoms with Gasteiger partial charge in [-0.15, -0.1) is 11.8 Å². The van der Waals surface area contributed by atoms with Crippen LogP contribution in [-0.2, 0) is 14.3 Å². The Morgan fingerprint density at radius 2 is 1.93 bits per heavy atom. The molecule has 0 aromatic carbocycles. The zero-order chi connectivity index (χ0) is 28.6. The molecule has 12 atom stereocenters. The van der Waals surface area contributed by atoms with Crippen molar-refractivity contribution in [1.29, 1.82) is 5.26 Å². The van der Waals surface area contributed by atoms with E-state index in [1.54, 1.807) is 23.8 Å². The standard InChI is InChI=1S/C28H42F3N5O3S/c1-14-5-19(20-6-15(10-32)3-4-23(20)39-2)21(11-33-14)26(37)35-28-34-22-12-36(13-24(22)40-28)27(38)17-7-16(25(30)31)8-18(29)9-17/h14-25,28,33-34H,3-9,11-13H2,1-2H3,(H,35,37). The van der Waals surface area contributed by atoms with Crippen molar-refractivity contribution in [3.05, 3.63) is 0 Å². The topological polar surface area (TPSA) is 106 Å². The summed E-state index contributed by atoms with van der Waals surface area (Å²) in [5.74, 6) is -1.99. The highest BCUT2D eigenvalue weighted by atomic mass is 32.2. The van der Waals surface area contributed by atoms with Gasteiger partial charge in [0.1, 0.15) is 11.7 Å². The fraction of sp³-hybridized carbons (Fsp3) is 0.893. The normalized spacial score (nSPS) is 43.8. The number of ether oxygens (including phenoxy) is 1. The fourth-order valence-electron chi connectivity index (χ4n) is 7.86. The van der Waals surface area contributed by atoms with Crippen molar-refractivity contribution in [3.63, 3.8) is 0 Å². The fourth-order valence-corrected chi connectivity index (χ4v) is 9.27. The van der Waals surface area contributed by atoms with Crippen molar-refractivity contribution in [2.24, 2.45) is 35.5 Å².